The van der Waals surface area contributed by atoms with E-state index in [1.807, 2.05) is 24.3 Å². The van der Waals surface area contributed by atoms with E-state index >= 15 is 0 Å². The standard InChI is InChI=1S/C15H20N2O4/c18-12-9-21-13-4-2-1-3-11(13)14(12)17-7-5-10(6-8-17)16-15(19)20/h1-4,10,12,14,16,18H,5-9H2,(H,19,20)/t12-,14-/m1/s1. The second kappa shape index (κ2) is 5.91. The third kappa shape index (κ3) is 2.96. The highest BCUT2D eigenvalue weighted by atomic mass is 16.5. The number of likely N-dealkylation sites (tertiary alicyclic amines) is 1. The van der Waals surface area contributed by atoms with Crippen LogP contribution in [0.5, 0.6) is 5.75 Å². The van der Waals surface area contributed by atoms with Gasteiger partial charge >= 0.3 is 6.09 Å². The van der Waals surface area contributed by atoms with E-state index in [-0.39, 0.29) is 12.1 Å². The Kier molecular flexibility index (Phi) is 3.98. The van der Waals surface area contributed by atoms with Crippen molar-refractivity contribution >= 4 is 6.09 Å². The summed E-state index contributed by atoms with van der Waals surface area (Å²) in [6, 6.07) is 7.73. The first-order valence-electron chi connectivity index (χ1n) is 7.28. The molecule has 21 heavy (non-hydrogen) atoms. The van der Waals surface area contributed by atoms with Gasteiger partial charge in [0, 0.05) is 24.7 Å². The predicted octanol–water partition coefficient (Wildman–Crippen LogP) is 1.21. The third-order valence-corrected chi connectivity index (χ3v) is 4.26. The number of fused-ring (bicyclic) bond motifs is 1. The lowest BCUT2D eigenvalue weighted by molar-refractivity contribution is -0.00967. The average molecular weight is 292 g/mol. The number of amides is 1. The maximum absolute atomic E-state index is 10.7. The lowest BCUT2D eigenvalue weighted by Crippen LogP contribution is -2.49. The summed E-state index contributed by atoms with van der Waals surface area (Å²) >= 11 is 0. The Hall–Kier alpha value is -1.79. The zero-order chi connectivity index (χ0) is 14.8. The third-order valence-electron chi connectivity index (χ3n) is 4.26. The van der Waals surface area contributed by atoms with E-state index in [0.29, 0.717) is 6.61 Å². The van der Waals surface area contributed by atoms with Crippen LogP contribution < -0.4 is 10.1 Å². The molecule has 0 bridgehead atoms. The summed E-state index contributed by atoms with van der Waals surface area (Å²) in [6.45, 7) is 1.83. The first-order chi connectivity index (χ1) is 10.1. The lowest BCUT2D eigenvalue weighted by Gasteiger charge is -2.42. The normalized spacial score (nSPS) is 26.7. The maximum atomic E-state index is 10.7. The molecule has 6 heteroatoms. The molecule has 2 heterocycles. The molecule has 6 nitrogen and oxygen atoms in total. The molecule has 0 aromatic heterocycles. The van der Waals surface area contributed by atoms with Crippen molar-refractivity contribution in [3.05, 3.63) is 29.8 Å². The monoisotopic (exact) mass is 292 g/mol. The van der Waals surface area contributed by atoms with Gasteiger partial charge in [-0.2, -0.15) is 0 Å². The topological polar surface area (TPSA) is 82.0 Å². The summed E-state index contributed by atoms with van der Waals surface area (Å²) in [6.07, 6.45) is 0.00524. The van der Waals surface area contributed by atoms with Crippen molar-refractivity contribution in [3.8, 4) is 5.75 Å². The van der Waals surface area contributed by atoms with E-state index < -0.39 is 12.2 Å². The Morgan fingerprint density at radius 2 is 2.00 bits per heavy atom. The quantitative estimate of drug-likeness (QED) is 0.763. The molecular formula is C15H20N2O4. The zero-order valence-electron chi connectivity index (χ0n) is 11.7. The van der Waals surface area contributed by atoms with Gasteiger partial charge in [0.25, 0.3) is 0 Å². The van der Waals surface area contributed by atoms with Crippen molar-refractivity contribution in [1.29, 1.82) is 0 Å². The van der Waals surface area contributed by atoms with E-state index in [1.54, 1.807) is 0 Å². The molecular weight excluding hydrogens is 272 g/mol. The van der Waals surface area contributed by atoms with E-state index in [1.165, 1.54) is 0 Å². The summed E-state index contributed by atoms with van der Waals surface area (Å²) in [7, 11) is 0. The number of ether oxygens (including phenoxy) is 1. The number of aliphatic hydroxyl groups is 1. The van der Waals surface area contributed by atoms with Gasteiger partial charge in [-0.3, -0.25) is 4.90 Å². The molecule has 1 aromatic rings. The van der Waals surface area contributed by atoms with Crippen molar-refractivity contribution < 1.29 is 19.7 Å². The molecule has 3 rings (SSSR count). The number of carbonyl (C=O) groups is 1. The van der Waals surface area contributed by atoms with Crippen molar-refractivity contribution in [2.75, 3.05) is 19.7 Å². The Morgan fingerprint density at radius 1 is 1.29 bits per heavy atom. The van der Waals surface area contributed by atoms with Crippen LogP contribution in [0.15, 0.2) is 24.3 Å². The number of hydrogen-bond donors (Lipinski definition) is 3. The molecule has 2 aliphatic heterocycles. The number of para-hydroxylation sites is 1. The smallest absolute Gasteiger partial charge is 0.404 e. The van der Waals surface area contributed by atoms with Gasteiger partial charge in [-0.25, -0.2) is 4.79 Å². The molecule has 1 saturated heterocycles. The fourth-order valence-electron chi connectivity index (χ4n) is 3.27. The number of carboxylic acid groups (broad SMARTS) is 1. The number of hydrogen-bond acceptors (Lipinski definition) is 4. The predicted molar refractivity (Wildman–Crippen MR) is 76.4 cm³/mol. The highest BCUT2D eigenvalue weighted by Crippen LogP contribution is 2.37. The second-order valence-corrected chi connectivity index (χ2v) is 5.62. The van der Waals surface area contributed by atoms with Crippen molar-refractivity contribution in [3.63, 3.8) is 0 Å². The van der Waals surface area contributed by atoms with Gasteiger partial charge in [-0.1, -0.05) is 18.2 Å². The fraction of sp³-hybridized carbons (Fsp3) is 0.533. The van der Waals surface area contributed by atoms with Gasteiger partial charge in [0.2, 0.25) is 0 Å². The minimum atomic E-state index is -0.968. The molecule has 0 aliphatic carbocycles. The Bertz CT molecular complexity index is 514. The van der Waals surface area contributed by atoms with E-state index in [2.05, 4.69) is 10.2 Å². The first-order valence-corrected chi connectivity index (χ1v) is 7.28. The van der Waals surface area contributed by atoms with Gasteiger partial charge in [0.15, 0.2) is 0 Å². The van der Waals surface area contributed by atoms with Gasteiger partial charge in [-0.05, 0) is 18.9 Å². The van der Waals surface area contributed by atoms with Gasteiger partial charge in [-0.15, -0.1) is 0 Å². The molecule has 1 aromatic carbocycles. The largest absolute Gasteiger partial charge is 0.490 e. The van der Waals surface area contributed by atoms with E-state index in [4.69, 9.17) is 9.84 Å². The van der Waals surface area contributed by atoms with E-state index in [9.17, 15) is 9.90 Å². The Balaban J connectivity index is 1.71. The van der Waals surface area contributed by atoms with Crippen LogP contribution in [0, 0.1) is 0 Å². The highest BCUT2D eigenvalue weighted by molar-refractivity contribution is 5.64. The minimum Gasteiger partial charge on any atom is -0.490 e. The summed E-state index contributed by atoms with van der Waals surface area (Å²) in [5.41, 5.74) is 1.01. The van der Waals surface area contributed by atoms with E-state index in [0.717, 1.165) is 37.2 Å². The van der Waals surface area contributed by atoms with Crippen molar-refractivity contribution in [2.24, 2.45) is 0 Å². The van der Waals surface area contributed by atoms with Crippen LogP contribution in [-0.4, -0.2) is 53.0 Å². The SMILES string of the molecule is O=C(O)NC1CCN([C@@H]2c3ccccc3OC[C@H]2O)CC1. The number of aliphatic hydroxyl groups excluding tert-OH is 1. The second-order valence-electron chi connectivity index (χ2n) is 5.62. The number of nitrogens with zero attached hydrogens (tertiary/aromatic N) is 1. The maximum Gasteiger partial charge on any atom is 0.404 e. The van der Waals surface area contributed by atoms with Gasteiger partial charge in [0.1, 0.15) is 18.5 Å². The van der Waals surface area contributed by atoms with Crippen molar-refractivity contribution in [1.82, 2.24) is 10.2 Å². The summed E-state index contributed by atoms with van der Waals surface area (Å²) < 4.78 is 5.56. The van der Waals surface area contributed by atoms with Crippen LogP contribution in [0.25, 0.3) is 0 Å². The van der Waals surface area contributed by atoms with Crippen LogP contribution in [0.4, 0.5) is 4.79 Å². The summed E-state index contributed by atoms with van der Waals surface area (Å²) in [5.74, 6) is 0.832. The first kappa shape index (κ1) is 14.2. The number of piperidine rings is 1. The Labute approximate surface area is 123 Å². The average Bonchev–Trinajstić information content (AvgIpc) is 2.48. The molecule has 0 saturated carbocycles. The molecule has 0 spiro atoms. The van der Waals surface area contributed by atoms with Crippen LogP contribution in [-0.2, 0) is 0 Å². The highest BCUT2D eigenvalue weighted by Gasteiger charge is 2.35. The van der Waals surface area contributed by atoms with Gasteiger partial charge in [0.05, 0.1) is 6.04 Å². The fourth-order valence-corrected chi connectivity index (χ4v) is 3.27. The lowest BCUT2D eigenvalue weighted by atomic mass is 9.93. The van der Waals surface area contributed by atoms with Gasteiger partial charge < -0.3 is 20.3 Å². The number of rotatable bonds is 2. The zero-order valence-corrected chi connectivity index (χ0v) is 11.7. The molecule has 2 aliphatic rings. The van der Waals surface area contributed by atoms with Crippen LogP contribution in [0.2, 0.25) is 0 Å². The molecule has 0 radical (unpaired) electrons. The molecule has 1 fully saturated rings. The number of nitrogens with one attached hydrogen (secondary N) is 1. The molecule has 2 atom stereocenters. The van der Waals surface area contributed by atoms with Crippen LogP contribution >= 0.6 is 0 Å². The van der Waals surface area contributed by atoms with Crippen molar-refractivity contribution in [2.45, 2.75) is 31.0 Å². The minimum absolute atomic E-state index is 0.00553. The summed E-state index contributed by atoms with van der Waals surface area (Å²) in [5, 5.41) is 21.6. The summed E-state index contributed by atoms with van der Waals surface area (Å²) in [4.78, 5) is 12.9. The molecule has 1 amide bonds. The molecule has 3 N–H and O–H groups in total. The number of benzene rings is 1. The Morgan fingerprint density at radius 3 is 2.71 bits per heavy atom. The molecule has 0 unspecified atom stereocenters. The van der Waals surface area contributed by atoms with Crippen LogP contribution in [0.1, 0.15) is 24.4 Å². The molecule has 114 valence electrons. The van der Waals surface area contributed by atoms with Crippen LogP contribution in [0.3, 0.4) is 0 Å².